The molecule has 1 aromatic rings. The molecule has 1 aliphatic rings. The van der Waals surface area contributed by atoms with Crippen LogP contribution in [0.4, 0.5) is 5.69 Å². The summed E-state index contributed by atoms with van der Waals surface area (Å²) in [6, 6.07) is 8.32. The first-order valence-corrected chi connectivity index (χ1v) is 7.06. The number of carbonyl (C=O) groups is 1. The van der Waals surface area contributed by atoms with Crippen LogP contribution in [0.1, 0.15) is 20.3 Å². The maximum absolute atomic E-state index is 11.5. The second-order valence-corrected chi connectivity index (χ2v) is 5.21. The van der Waals surface area contributed by atoms with Gasteiger partial charge in [-0.15, -0.1) is 0 Å². The predicted molar refractivity (Wildman–Crippen MR) is 81.2 cm³/mol. The highest BCUT2D eigenvalue weighted by molar-refractivity contribution is 5.86. The third-order valence-corrected chi connectivity index (χ3v) is 3.05. The predicted octanol–water partition coefficient (Wildman–Crippen LogP) is 2.36. The zero-order valence-corrected chi connectivity index (χ0v) is 12.1. The highest BCUT2D eigenvalue weighted by Crippen LogP contribution is 2.22. The fourth-order valence-electron chi connectivity index (χ4n) is 2.06. The summed E-state index contributed by atoms with van der Waals surface area (Å²) in [5.74, 6) is 1.07. The van der Waals surface area contributed by atoms with E-state index in [0.717, 1.165) is 18.0 Å². The van der Waals surface area contributed by atoms with Crippen molar-refractivity contribution in [3.05, 3.63) is 36.5 Å². The number of Topliss-reactive ketones (excluding diaryl/α,β-unsaturated/α-hetero) is 1. The van der Waals surface area contributed by atoms with Crippen molar-refractivity contribution in [3.8, 4) is 5.75 Å². The van der Waals surface area contributed by atoms with Gasteiger partial charge in [-0.05, 0) is 12.1 Å². The Kier molecular flexibility index (Phi) is 5.18. The molecule has 108 valence electrons. The maximum atomic E-state index is 11.5. The number of ketones is 1. The van der Waals surface area contributed by atoms with Gasteiger partial charge in [-0.3, -0.25) is 4.79 Å². The molecule has 20 heavy (non-hydrogen) atoms. The number of nitrogens with zero attached hydrogens (tertiary/aromatic N) is 1. The first-order valence-electron chi connectivity index (χ1n) is 7.06. The van der Waals surface area contributed by atoms with Gasteiger partial charge in [0.25, 0.3) is 0 Å². The summed E-state index contributed by atoms with van der Waals surface area (Å²) in [7, 11) is 0. The minimum absolute atomic E-state index is 0.236. The molecule has 0 atom stereocenters. The summed E-state index contributed by atoms with van der Waals surface area (Å²) in [5.41, 5.74) is 0.989. The van der Waals surface area contributed by atoms with Crippen molar-refractivity contribution in [1.29, 1.82) is 0 Å². The fraction of sp³-hybridized carbons (Fsp3) is 0.438. The van der Waals surface area contributed by atoms with Crippen molar-refractivity contribution in [1.82, 2.24) is 5.32 Å². The topological polar surface area (TPSA) is 41.6 Å². The minimum Gasteiger partial charge on any atom is -0.492 e. The quantitative estimate of drug-likeness (QED) is 0.809. The average molecular weight is 274 g/mol. The van der Waals surface area contributed by atoms with E-state index in [9.17, 15) is 4.79 Å². The zero-order valence-electron chi connectivity index (χ0n) is 12.1. The van der Waals surface area contributed by atoms with Crippen LogP contribution in [-0.2, 0) is 4.79 Å². The van der Waals surface area contributed by atoms with Crippen LogP contribution in [0, 0.1) is 0 Å². The lowest BCUT2D eigenvalue weighted by molar-refractivity contribution is -0.117. The molecule has 0 fully saturated rings. The summed E-state index contributed by atoms with van der Waals surface area (Å²) < 4.78 is 5.72. The molecule has 0 unspecified atom stereocenters. The standard InChI is InChI=1S/C16H22N2O2/c1-13(2)17-8-10-20-16-7-3-5-14(11-16)18-9-4-6-15(19)12-18/h3-5,7,9,11,13,17H,6,8,10,12H2,1-2H3. The third kappa shape index (κ3) is 4.38. The van der Waals surface area contributed by atoms with E-state index in [1.807, 2.05) is 41.4 Å². The Morgan fingerprint density at radius 3 is 3.00 bits per heavy atom. The highest BCUT2D eigenvalue weighted by atomic mass is 16.5. The Bertz CT molecular complexity index is 483. The van der Waals surface area contributed by atoms with E-state index < -0.39 is 0 Å². The van der Waals surface area contributed by atoms with Gasteiger partial charge in [0.2, 0.25) is 0 Å². The number of anilines is 1. The van der Waals surface area contributed by atoms with Crippen molar-refractivity contribution in [3.63, 3.8) is 0 Å². The van der Waals surface area contributed by atoms with Crippen molar-refractivity contribution in [2.45, 2.75) is 26.3 Å². The third-order valence-electron chi connectivity index (χ3n) is 3.05. The van der Waals surface area contributed by atoms with Crippen LogP contribution >= 0.6 is 0 Å². The van der Waals surface area contributed by atoms with E-state index >= 15 is 0 Å². The second-order valence-electron chi connectivity index (χ2n) is 5.21. The monoisotopic (exact) mass is 274 g/mol. The largest absolute Gasteiger partial charge is 0.492 e. The molecule has 2 rings (SSSR count). The van der Waals surface area contributed by atoms with Crippen LogP contribution in [0.15, 0.2) is 36.5 Å². The molecule has 0 aromatic heterocycles. The molecule has 4 nitrogen and oxygen atoms in total. The Morgan fingerprint density at radius 1 is 1.40 bits per heavy atom. The first kappa shape index (κ1) is 14.6. The highest BCUT2D eigenvalue weighted by Gasteiger charge is 2.13. The van der Waals surface area contributed by atoms with E-state index in [0.29, 0.717) is 25.6 Å². The number of allylic oxidation sites excluding steroid dienone is 1. The van der Waals surface area contributed by atoms with Gasteiger partial charge in [0, 0.05) is 37.0 Å². The normalized spacial score (nSPS) is 14.9. The molecule has 0 bridgehead atoms. The molecule has 0 spiro atoms. The number of nitrogens with one attached hydrogen (secondary N) is 1. The summed E-state index contributed by atoms with van der Waals surface area (Å²) in [5, 5.41) is 3.31. The Balaban J connectivity index is 1.92. The number of rotatable bonds is 6. The van der Waals surface area contributed by atoms with Gasteiger partial charge < -0.3 is 15.0 Å². The van der Waals surface area contributed by atoms with Gasteiger partial charge >= 0.3 is 0 Å². The van der Waals surface area contributed by atoms with Gasteiger partial charge in [-0.2, -0.15) is 0 Å². The molecular formula is C16H22N2O2. The molecule has 0 radical (unpaired) electrons. The molecule has 0 amide bonds. The Hall–Kier alpha value is -1.81. The second kappa shape index (κ2) is 7.10. The number of ether oxygens (including phenoxy) is 1. The molecule has 1 N–H and O–H groups in total. The van der Waals surface area contributed by atoms with Crippen LogP contribution in [0.3, 0.4) is 0 Å². The molecule has 0 saturated carbocycles. The van der Waals surface area contributed by atoms with Crippen LogP contribution < -0.4 is 15.0 Å². The molecular weight excluding hydrogens is 252 g/mol. The van der Waals surface area contributed by atoms with E-state index in [2.05, 4.69) is 19.2 Å². The molecule has 1 heterocycles. The molecule has 0 aliphatic carbocycles. The van der Waals surface area contributed by atoms with Gasteiger partial charge in [0.1, 0.15) is 12.4 Å². The number of hydrogen-bond acceptors (Lipinski definition) is 4. The van der Waals surface area contributed by atoms with E-state index in [4.69, 9.17) is 4.74 Å². The van der Waals surface area contributed by atoms with Crippen molar-refractivity contribution in [2.75, 3.05) is 24.6 Å². The molecule has 0 saturated heterocycles. The molecule has 4 heteroatoms. The lowest BCUT2D eigenvalue weighted by Crippen LogP contribution is -2.28. The lowest BCUT2D eigenvalue weighted by atomic mass is 10.2. The summed E-state index contributed by atoms with van der Waals surface area (Å²) in [6.45, 7) is 6.12. The summed E-state index contributed by atoms with van der Waals surface area (Å²) in [4.78, 5) is 13.4. The van der Waals surface area contributed by atoms with Gasteiger partial charge in [-0.1, -0.05) is 26.0 Å². The Morgan fingerprint density at radius 2 is 2.25 bits per heavy atom. The van der Waals surface area contributed by atoms with Crippen molar-refractivity contribution in [2.24, 2.45) is 0 Å². The SMILES string of the molecule is CC(C)NCCOc1cccc(N2C=CCC(=O)C2)c1. The number of hydrogen-bond donors (Lipinski definition) is 1. The van der Waals surface area contributed by atoms with Crippen molar-refractivity contribution < 1.29 is 9.53 Å². The molecule has 1 aliphatic heterocycles. The maximum Gasteiger partial charge on any atom is 0.156 e. The minimum atomic E-state index is 0.236. The fourth-order valence-corrected chi connectivity index (χ4v) is 2.06. The lowest BCUT2D eigenvalue weighted by Gasteiger charge is -2.23. The Labute approximate surface area is 120 Å². The smallest absolute Gasteiger partial charge is 0.156 e. The van der Waals surface area contributed by atoms with Gasteiger partial charge in [-0.25, -0.2) is 0 Å². The zero-order chi connectivity index (χ0) is 14.4. The van der Waals surface area contributed by atoms with E-state index in [1.165, 1.54) is 0 Å². The first-order chi connectivity index (χ1) is 9.65. The van der Waals surface area contributed by atoms with Crippen molar-refractivity contribution >= 4 is 11.5 Å². The summed E-state index contributed by atoms with van der Waals surface area (Å²) in [6.07, 6.45) is 4.39. The van der Waals surface area contributed by atoms with Crippen LogP contribution in [0.2, 0.25) is 0 Å². The van der Waals surface area contributed by atoms with Crippen LogP contribution in [-0.4, -0.2) is 31.5 Å². The van der Waals surface area contributed by atoms with Gasteiger partial charge in [0.15, 0.2) is 5.78 Å². The van der Waals surface area contributed by atoms with E-state index in [1.54, 1.807) is 0 Å². The van der Waals surface area contributed by atoms with E-state index in [-0.39, 0.29) is 5.78 Å². The summed E-state index contributed by atoms with van der Waals surface area (Å²) >= 11 is 0. The van der Waals surface area contributed by atoms with Crippen LogP contribution in [0.25, 0.3) is 0 Å². The number of benzene rings is 1. The van der Waals surface area contributed by atoms with Gasteiger partial charge in [0.05, 0.1) is 6.54 Å². The average Bonchev–Trinajstić information content (AvgIpc) is 2.44. The van der Waals surface area contributed by atoms with Crippen LogP contribution in [0.5, 0.6) is 5.75 Å². The molecule has 1 aromatic carbocycles. The number of carbonyl (C=O) groups excluding carboxylic acids is 1.